The first kappa shape index (κ1) is 27.8. The second-order valence-corrected chi connectivity index (χ2v) is 13.3. The van der Waals surface area contributed by atoms with Gasteiger partial charge in [-0.25, -0.2) is 13.6 Å². The summed E-state index contributed by atoms with van der Waals surface area (Å²) in [6, 6.07) is 0. The normalized spacial score (nSPS) is 43.6. The summed E-state index contributed by atoms with van der Waals surface area (Å²) in [6.45, 7) is 4.91. The largest absolute Gasteiger partial charge is 0.493 e. The smallest absolute Gasteiger partial charge is 0.343 e. The van der Waals surface area contributed by atoms with Gasteiger partial charge in [0.25, 0.3) is 0 Å². The van der Waals surface area contributed by atoms with Gasteiger partial charge in [-0.2, -0.15) is 0 Å². The Balaban J connectivity index is 1.61. The number of aliphatic hydroxyl groups excluding tert-OH is 1. The van der Waals surface area contributed by atoms with Crippen LogP contribution in [0, 0.1) is 28.6 Å². The number of rotatable bonds is 4. The van der Waals surface area contributed by atoms with Gasteiger partial charge >= 0.3 is 5.97 Å². The van der Waals surface area contributed by atoms with Crippen LogP contribution in [0.4, 0.5) is 8.78 Å². The van der Waals surface area contributed by atoms with Crippen molar-refractivity contribution in [3.8, 4) is 5.75 Å². The number of carbonyl (C=O) groups is 3. The standard InChI is InChI=1S/C27H29ClF2O6S2/c1-12-7-15-16-9-18(29)17-8-13(31)5-6-24(17,2)26(16,30)19(32)10-25(15,3)27(12,23(34)37)36-22(33)14-11-38-21(28)20(14)35-4/h5-6,8,11-12,15-16,18-19,32H,7,9-10H2,1-4H3,(H,34,37)/t12-,15+,16+,18+,19+,24+,25+,26+,27+/m1/s1. The lowest BCUT2D eigenvalue weighted by molar-refractivity contribution is -0.221. The van der Waals surface area contributed by atoms with Crippen LogP contribution in [0.3, 0.4) is 0 Å². The number of hydrogen-bond acceptors (Lipinski definition) is 7. The van der Waals surface area contributed by atoms with E-state index in [4.69, 9.17) is 21.1 Å². The van der Waals surface area contributed by atoms with E-state index >= 15 is 8.78 Å². The van der Waals surface area contributed by atoms with Crippen molar-refractivity contribution in [2.45, 2.75) is 63.6 Å². The fraction of sp³-hybridized carbons (Fsp3) is 0.593. The summed E-state index contributed by atoms with van der Waals surface area (Å²) in [5, 5.41) is 12.2. The molecule has 11 heteroatoms. The summed E-state index contributed by atoms with van der Waals surface area (Å²) >= 11 is 11.4. The summed E-state index contributed by atoms with van der Waals surface area (Å²) in [5.74, 6) is -3.45. The van der Waals surface area contributed by atoms with E-state index in [0.717, 1.165) is 17.4 Å². The third-order valence-electron chi connectivity index (χ3n) is 9.87. The molecule has 3 fully saturated rings. The number of fused-ring (bicyclic) bond motifs is 5. The maximum Gasteiger partial charge on any atom is 0.343 e. The van der Waals surface area contributed by atoms with Crippen LogP contribution in [0.1, 0.15) is 50.4 Å². The number of methoxy groups -OCH3 is 1. The molecule has 0 spiro atoms. The molecule has 1 aromatic rings. The number of hydrogen-bond donors (Lipinski definition) is 2. The number of aliphatic hydroxyl groups is 1. The Morgan fingerprint density at radius 2 is 1.95 bits per heavy atom. The van der Waals surface area contributed by atoms with Crippen LogP contribution in [0.15, 0.2) is 29.2 Å². The first-order chi connectivity index (χ1) is 17.7. The van der Waals surface area contributed by atoms with Crippen LogP contribution in [-0.2, 0) is 14.3 Å². The van der Waals surface area contributed by atoms with E-state index in [1.54, 1.807) is 13.8 Å². The molecule has 0 bridgehead atoms. The van der Waals surface area contributed by atoms with Gasteiger partial charge in [0.1, 0.15) is 16.1 Å². The summed E-state index contributed by atoms with van der Waals surface area (Å²) in [5.41, 5.74) is -6.91. The minimum atomic E-state index is -2.31. The fourth-order valence-corrected chi connectivity index (χ4v) is 9.66. The highest BCUT2D eigenvalue weighted by molar-refractivity contribution is 7.96. The summed E-state index contributed by atoms with van der Waals surface area (Å²) < 4.78 is 44.5. The van der Waals surface area contributed by atoms with E-state index in [-0.39, 0.29) is 40.5 Å². The van der Waals surface area contributed by atoms with Crippen LogP contribution >= 0.6 is 35.6 Å². The SMILES string of the molecule is COc1c(C(=O)O[C@]2(C(=O)S)[C@H](C)C[C@H]3[C@@H]4C[C@H](F)C5=CC(=O)C=C[C@]5(C)[C@@]4(F)[C@@H](O)C[C@@]32C)csc1Cl. The maximum absolute atomic E-state index is 17.4. The minimum absolute atomic E-state index is 0.0156. The molecule has 3 saturated carbocycles. The van der Waals surface area contributed by atoms with Gasteiger partial charge in [-0.15, -0.1) is 24.0 Å². The molecular weight excluding hydrogens is 558 g/mol. The van der Waals surface area contributed by atoms with Gasteiger partial charge in [0.15, 0.2) is 22.8 Å². The van der Waals surface area contributed by atoms with Crippen molar-refractivity contribution in [1.82, 2.24) is 0 Å². The molecule has 0 aliphatic heterocycles. The van der Waals surface area contributed by atoms with E-state index in [0.29, 0.717) is 0 Å². The second kappa shape index (κ2) is 8.88. The van der Waals surface area contributed by atoms with Gasteiger partial charge in [0, 0.05) is 28.0 Å². The Kier molecular flexibility index (Phi) is 6.50. The fourth-order valence-electron chi connectivity index (χ4n) is 8.10. The van der Waals surface area contributed by atoms with Crippen molar-refractivity contribution in [3.05, 3.63) is 39.1 Å². The van der Waals surface area contributed by atoms with Crippen molar-refractivity contribution in [1.29, 1.82) is 0 Å². The van der Waals surface area contributed by atoms with Crippen molar-refractivity contribution in [3.63, 3.8) is 0 Å². The van der Waals surface area contributed by atoms with Gasteiger partial charge < -0.3 is 14.6 Å². The molecule has 0 amide bonds. The predicted molar refractivity (Wildman–Crippen MR) is 141 cm³/mol. The lowest BCUT2D eigenvalue weighted by Gasteiger charge is -2.63. The molecule has 9 atom stereocenters. The van der Waals surface area contributed by atoms with Gasteiger partial charge in [0.05, 0.1) is 13.2 Å². The molecule has 0 radical (unpaired) electrons. The number of allylic oxidation sites excluding steroid dienone is 4. The molecule has 4 aliphatic rings. The van der Waals surface area contributed by atoms with Crippen molar-refractivity contribution in [2.24, 2.45) is 28.6 Å². The summed E-state index contributed by atoms with van der Waals surface area (Å²) in [7, 11) is 1.35. The Labute approximate surface area is 233 Å². The Bertz CT molecular complexity index is 1300. The maximum atomic E-state index is 17.4. The monoisotopic (exact) mass is 586 g/mol. The number of thiol groups is 1. The average molecular weight is 587 g/mol. The number of thiophene rings is 1. The minimum Gasteiger partial charge on any atom is -0.493 e. The Morgan fingerprint density at radius 1 is 1.26 bits per heavy atom. The molecule has 1 heterocycles. The molecule has 38 heavy (non-hydrogen) atoms. The average Bonchev–Trinajstić information content (AvgIpc) is 3.32. The van der Waals surface area contributed by atoms with Crippen molar-refractivity contribution < 1.29 is 37.7 Å². The molecular formula is C27H29ClF2O6S2. The molecule has 0 unspecified atom stereocenters. The van der Waals surface area contributed by atoms with E-state index in [9.17, 15) is 19.5 Å². The molecule has 6 nitrogen and oxygen atoms in total. The van der Waals surface area contributed by atoms with Crippen LogP contribution in [0.2, 0.25) is 4.34 Å². The van der Waals surface area contributed by atoms with Gasteiger partial charge in [-0.3, -0.25) is 9.59 Å². The third kappa shape index (κ3) is 3.29. The quantitative estimate of drug-likeness (QED) is 0.366. The molecule has 206 valence electrons. The highest BCUT2D eigenvalue weighted by atomic mass is 35.5. The first-order valence-corrected chi connectivity index (χ1v) is 14.1. The van der Waals surface area contributed by atoms with Gasteiger partial charge in [-0.05, 0) is 49.8 Å². The molecule has 5 rings (SSSR count). The topological polar surface area (TPSA) is 89.9 Å². The third-order valence-corrected chi connectivity index (χ3v) is 11.4. The van der Waals surface area contributed by atoms with E-state index < -0.39 is 69.0 Å². The van der Waals surface area contributed by atoms with E-state index in [2.05, 4.69) is 12.6 Å². The van der Waals surface area contributed by atoms with Gasteiger partial charge in [-0.1, -0.05) is 31.5 Å². The summed E-state index contributed by atoms with van der Waals surface area (Å²) in [4.78, 5) is 38.8. The van der Waals surface area contributed by atoms with E-state index in [1.807, 2.05) is 0 Å². The molecule has 1 aromatic heterocycles. The predicted octanol–water partition coefficient (Wildman–Crippen LogP) is 5.33. The number of ether oxygens (including phenoxy) is 2. The molecule has 0 aromatic carbocycles. The van der Waals surface area contributed by atoms with Crippen LogP contribution in [0.25, 0.3) is 0 Å². The van der Waals surface area contributed by atoms with Crippen molar-refractivity contribution >= 4 is 52.4 Å². The first-order valence-electron chi connectivity index (χ1n) is 12.4. The van der Waals surface area contributed by atoms with Crippen LogP contribution in [0.5, 0.6) is 5.75 Å². The zero-order valence-electron chi connectivity index (χ0n) is 21.3. The highest BCUT2D eigenvalue weighted by Gasteiger charge is 2.78. The van der Waals surface area contributed by atoms with Crippen LogP contribution in [-0.4, -0.2) is 52.6 Å². The number of carbonyl (C=O) groups excluding carboxylic acids is 3. The lowest BCUT2D eigenvalue weighted by Crippen LogP contribution is -2.70. The zero-order valence-corrected chi connectivity index (χ0v) is 23.8. The lowest BCUT2D eigenvalue weighted by atomic mass is 9.44. The number of ketones is 1. The van der Waals surface area contributed by atoms with Gasteiger partial charge in [0.2, 0.25) is 5.12 Å². The Hall–Kier alpha value is -1.75. The Morgan fingerprint density at radius 3 is 2.58 bits per heavy atom. The number of alkyl halides is 2. The molecule has 1 N–H and O–H groups in total. The zero-order chi connectivity index (χ0) is 28.0. The number of halogens is 3. The summed E-state index contributed by atoms with van der Waals surface area (Å²) in [6.07, 6.45) is 0.160. The van der Waals surface area contributed by atoms with Crippen LogP contribution < -0.4 is 4.74 Å². The second-order valence-electron chi connectivity index (χ2n) is 11.4. The highest BCUT2D eigenvalue weighted by Crippen LogP contribution is 2.72. The molecule has 0 saturated heterocycles. The van der Waals surface area contributed by atoms with Crippen molar-refractivity contribution in [2.75, 3.05) is 7.11 Å². The molecule has 4 aliphatic carbocycles. The van der Waals surface area contributed by atoms with E-state index in [1.165, 1.54) is 31.6 Å². The number of esters is 1.